The molecule has 3 aromatic rings. The van der Waals surface area contributed by atoms with Gasteiger partial charge in [-0.15, -0.1) is 0 Å². The molecule has 21 heavy (non-hydrogen) atoms. The van der Waals surface area contributed by atoms with Crippen molar-refractivity contribution >= 4 is 5.69 Å². The number of aromatic nitrogens is 4. The fourth-order valence-electron chi connectivity index (χ4n) is 2.04. The van der Waals surface area contributed by atoms with Crippen molar-refractivity contribution in [2.45, 2.75) is 13.5 Å². The number of aryl methyl sites for hydroxylation is 2. The molecule has 5 nitrogen and oxygen atoms in total. The van der Waals surface area contributed by atoms with Gasteiger partial charge >= 0.3 is 0 Å². The summed E-state index contributed by atoms with van der Waals surface area (Å²) < 4.78 is 1.70. The SMILES string of the molecule is Cc1ccc(CNc2cccc(-c3ncn(C)n3)c2)nc1. The molecule has 2 heterocycles. The molecule has 0 aliphatic carbocycles. The molecule has 3 rings (SSSR count). The minimum Gasteiger partial charge on any atom is -0.379 e. The third-order valence-electron chi connectivity index (χ3n) is 3.17. The van der Waals surface area contributed by atoms with Crippen LogP contribution in [0.1, 0.15) is 11.3 Å². The van der Waals surface area contributed by atoms with Crippen molar-refractivity contribution in [3.05, 3.63) is 60.2 Å². The molecular formula is C16H17N5. The van der Waals surface area contributed by atoms with Crippen molar-refractivity contribution in [2.75, 3.05) is 5.32 Å². The first-order chi connectivity index (χ1) is 10.2. The van der Waals surface area contributed by atoms with Gasteiger partial charge in [0.2, 0.25) is 0 Å². The van der Waals surface area contributed by atoms with E-state index in [9.17, 15) is 0 Å². The van der Waals surface area contributed by atoms with Crippen molar-refractivity contribution in [2.24, 2.45) is 7.05 Å². The zero-order chi connectivity index (χ0) is 14.7. The molecule has 0 bridgehead atoms. The van der Waals surface area contributed by atoms with E-state index in [1.165, 1.54) is 5.56 Å². The summed E-state index contributed by atoms with van der Waals surface area (Å²) in [7, 11) is 1.86. The predicted molar refractivity (Wildman–Crippen MR) is 82.7 cm³/mol. The van der Waals surface area contributed by atoms with Crippen LogP contribution in [0, 0.1) is 6.92 Å². The van der Waals surface area contributed by atoms with Gasteiger partial charge in [-0.3, -0.25) is 9.67 Å². The smallest absolute Gasteiger partial charge is 0.181 e. The fraction of sp³-hybridized carbons (Fsp3) is 0.188. The third-order valence-corrected chi connectivity index (χ3v) is 3.17. The zero-order valence-electron chi connectivity index (χ0n) is 12.1. The van der Waals surface area contributed by atoms with Crippen LogP contribution in [0.25, 0.3) is 11.4 Å². The highest BCUT2D eigenvalue weighted by Crippen LogP contribution is 2.19. The molecule has 0 atom stereocenters. The van der Waals surface area contributed by atoms with E-state index in [0.29, 0.717) is 6.54 Å². The molecule has 0 amide bonds. The van der Waals surface area contributed by atoms with Gasteiger partial charge in [0.05, 0.1) is 12.2 Å². The third kappa shape index (κ3) is 3.25. The van der Waals surface area contributed by atoms with Gasteiger partial charge in [0.25, 0.3) is 0 Å². The van der Waals surface area contributed by atoms with Crippen LogP contribution in [0.3, 0.4) is 0 Å². The summed E-state index contributed by atoms with van der Waals surface area (Å²) >= 11 is 0. The highest BCUT2D eigenvalue weighted by Gasteiger charge is 2.04. The normalized spacial score (nSPS) is 10.6. The van der Waals surface area contributed by atoms with E-state index in [1.54, 1.807) is 11.0 Å². The Balaban J connectivity index is 1.73. The summed E-state index contributed by atoms with van der Waals surface area (Å²) in [5.41, 5.74) is 4.21. The molecule has 5 heteroatoms. The molecular weight excluding hydrogens is 262 g/mol. The van der Waals surface area contributed by atoms with E-state index < -0.39 is 0 Å². The van der Waals surface area contributed by atoms with E-state index in [2.05, 4.69) is 26.4 Å². The Labute approximate surface area is 123 Å². The Kier molecular flexibility index (Phi) is 3.64. The van der Waals surface area contributed by atoms with Crippen LogP contribution in [-0.4, -0.2) is 19.7 Å². The van der Waals surface area contributed by atoms with Crippen LogP contribution in [0.2, 0.25) is 0 Å². The second-order valence-electron chi connectivity index (χ2n) is 5.00. The molecule has 1 aromatic carbocycles. The standard InChI is InChI=1S/C16H17N5/c1-12-6-7-15(17-9-12)10-18-14-5-3-4-13(8-14)16-19-11-21(2)20-16/h3-9,11,18H,10H2,1-2H3. The first-order valence-electron chi connectivity index (χ1n) is 6.82. The summed E-state index contributed by atoms with van der Waals surface area (Å²) in [4.78, 5) is 8.65. The Morgan fingerprint density at radius 1 is 1.14 bits per heavy atom. The molecule has 0 fully saturated rings. The number of nitrogens with one attached hydrogen (secondary N) is 1. The van der Waals surface area contributed by atoms with Gasteiger partial charge in [-0.05, 0) is 30.7 Å². The molecule has 106 valence electrons. The minimum atomic E-state index is 0.694. The number of hydrogen-bond donors (Lipinski definition) is 1. The summed E-state index contributed by atoms with van der Waals surface area (Å²) in [5.74, 6) is 0.731. The zero-order valence-corrected chi connectivity index (χ0v) is 12.1. The molecule has 1 N–H and O–H groups in total. The van der Waals surface area contributed by atoms with Gasteiger partial charge in [-0.1, -0.05) is 18.2 Å². The summed E-state index contributed by atoms with van der Waals surface area (Å²) in [6.07, 6.45) is 3.58. The number of rotatable bonds is 4. The maximum atomic E-state index is 4.39. The predicted octanol–water partition coefficient (Wildman–Crippen LogP) is 2.80. The molecule has 0 radical (unpaired) electrons. The van der Waals surface area contributed by atoms with Crippen molar-refractivity contribution < 1.29 is 0 Å². The van der Waals surface area contributed by atoms with Gasteiger partial charge in [0, 0.05) is 24.5 Å². The van der Waals surface area contributed by atoms with Gasteiger partial charge < -0.3 is 5.32 Å². The van der Waals surface area contributed by atoms with Crippen LogP contribution >= 0.6 is 0 Å². The molecule has 0 spiro atoms. The summed E-state index contributed by atoms with van der Waals surface area (Å²) in [5, 5.41) is 7.69. The number of benzene rings is 1. The average molecular weight is 279 g/mol. The largest absolute Gasteiger partial charge is 0.379 e. The fourth-order valence-corrected chi connectivity index (χ4v) is 2.04. The lowest BCUT2D eigenvalue weighted by molar-refractivity contribution is 0.768. The maximum absolute atomic E-state index is 4.39. The van der Waals surface area contributed by atoms with E-state index in [4.69, 9.17) is 0 Å². The molecule has 2 aromatic heterocycles. The Morgan fingerprint density at radius 2 is 2.05 bits per heavy atom. The first-order valence-corrected chi connectivity index (χ1v) is 6.82. The second-order valence-corrected chi connectivity index (χ2v) is 5.00. The Hall–Kier alpha value is -2.69. The lowest BCUT2D eigenvalue weighted by Gasteiger charge is -2.07. The number of pyridine rings is 1. The van der Waals surface area contributed by atoms with E-state index >= 15 is 0 Å². The van der Waals surface area contributed by atoms with Gasteiger partial charge in [0.15, 0.2) is 5.82 Å². The summed E-state index contributed by atoms with van der Waals surface area (Å²) in [6.45, 7) is 2.73. The average Bonchev–Trinajstić information content (AvgIpc) is 2.94. The van der Waals surface area contributed by atoms with Crippen LogP contribution in [0.4, 0.5) is 5.69 Å². The van der Waals surface area contributed by atoms with Crippen molar-refractivity contribution in [3.63, 3.8) is 0 Å². The number of nitrogens with zero attached hydrogens (tertiary/aromatic N) is 4. The number of anilines is 1. The second kappa shape index (κ2) is 5.75. The lowest BCUT2D eigenvalue weighted by Crippen LogP contribution is -2.01. The van der Waals surface area contributed by atoms with Gasteiger partial charge in [-0.2, -0.15) is 5.10 Å². The monoisotopic (exact) mass is 279 g/mol. The van der Waals surface area contributed by atoms with Gasteiger partial charge in [-0.25, -0.2) is 4.98 Å². The lowest BCUT2D eigenvalue weighted by atomic mass is 10.2. The van der Waals surface area contributed by atoms with Crippen LogP contribution < -0.4 is 5.32 Å². The Bertz CT molecular complexity index is 730. The van der Waals surface area contributed by atoms with E-state index in [1.807, 2.05) is 50.5 Å². The van der Waals surface area contributed by atoms with Crippen LogP contribution in [0.15, 0.2) is 48.9 Å². The molecule has 0 unspecified atom stereocenters. The quantitative estimate of drug-likeness (QED) is 0.798. The highest BCUT2D eigenvalue weighted by atomic mass is 15.3. The molecule has 0 aliphatic rings. The molecule has 0 aliphatic heterocycles. The first kappa shape index (κ1) is 13.3. The molecule has 0 saturated carbocycles. The summed E-state index contributed by atoms with van der Waals surface area (Å²) in [6, 6.07) is 12.2. The molecule has 0 saturated heterocycles. The van der Waals surface area contributed by atoms with E-state index in [0.717, 1.165) is 22.8 Å². The van der Waals surface area contributed by atoms with E-state index in [-0.39, 0.29) is 0 Å². The van der Waals surface area contributed by atoms with Crippen molar-refractivity contribution in [1.29, 1.82) is 0 Å². The topological polar surface area (TPSA) is 55.6 Å². The van der Waals surface area contributed by atoms with Crippen LogP contribution in [0.5, 0.6) is 0 Å². The maximum Gasteiger partial charge on any atom is 0.181 e. The van der Waals surface area contributed by atoms with Crippen LogP contribution in [-0.2, 0) is 13.6 Å². The minimum absolute atomic E-state index is 0.694. The van der Waals surface area contributed by atoms with Crippen molar-refractivity contribution in [3.8, 4) is 11.4 Å². The highest BCUT2D eigenvalue weighted by molar-refractivity contribution is 5.62. The number of hydrogen-bond acceptors (Lipinski definition) is 4. The van der Waals surface area contributed by atoms with Gasteiger partial charge in [0.1, 0.15) is 6.33 Å². The Morgan fingerprint density at radius 3 is 2.76 bits per heavy atom. The van der Waals surface area contributed by atoms with Crippen molar-refractivity contribution in [1.82, 2.24) is 19.7 Å².